The van der Waals surface area contributed by atoms with Crippen molar-refractivity contribution in [1.29, 1.82) is 0 Å². The highest BCUT2D eigenvalue weighted by atomic mass is 32.2. The van der Waals surface area contributed by atoms with Gasteiger partial charge >= 0.3 is 0 Å². The summed E-state index contributed by atoms with van der Waals surface area (Å²) in [6.07, 6.45) is 3.14. The van der Waals surface area contributed by atoms with Gasteiger partial charge in [0.05, 0.1) is 34.4 Å². The number of ether oxygens (including phenoxy) is 1. The lowest BCUT2D eigenvalue weighted by atomic mass is 9.82. The second-order valence-corrected chi connectivity index (χ2v) is 14.1. The first kappa shape index (κ1) is 28.7. The number of benzene rings is 1. The van der Waals surface area contributed by atoms with Crippen LogP contribution in [-0.4, -0.2) is 56.7 Å². The summed E-state index contributed by atoms with van der Waals surface area (Å²) in [7, 11) is -1.37. The van der Waals surface area contributed by atoms with E-state index in [0.717, 1.165) is 31.6 Å². The fourth-order valence-corrected chi connectivity index (χ4v) is 7.81. The molecule has 1 saturated heterocycles. The number of fused-ring (bicyclic) bond motifs is 2. The van der Waals surface area contributed by atoms with E-state index in [1.165, 1.54) is 22.2 Å². The van der Waals surface area contributed by atoms with Gasteiger partial charge < -0.3 is 15.4 Å². The van der Waals surface area contributed by atoms with Crippen molar-refractivity contribution in [3.63, 3.8) is 0 Å². The zero-order valence-corrected chi connectivity index (χ0v) is 25.2. The summed E-state index contributed by atoms with van der Waals surface area (Å²) >= 11 is 1.54. The molecule has 0 bridgehead atoms. The molecule has 1 spiro atoms. The van der Waals surface area contributed by atoms with Crippen molar-refractivity contribution in [2.24, 2.45) is 0 Å². The fraction of sp³-hybridized carbons (Fsp3) is 0.467. The first-order chi connectivity index (χ1) is 19.2. The maximum absolute atomic E-state index is 13.2. The number of carbonyl (C=O) groups is 1. The summed E-state index contributed by atoms with van der Waals surface area (Å²) in [6.45, 7) is 8.77. The Kier molecular flexibility index (Phi) is 8.33. The van der Waals surface area contributed by atoms with Crippen molar-refractivity contribution in [1.82, 2.24) is 15.2 Å². The molecule has 1 fully saturated rings. The molecular weight excluding hydrogens is 544 g/mol. The molecule has 0 unspecified atom stereocenters. The van der Waals surface area contributed by atoms with Crippen LogP contribution in [0.2, 0.25) is 0 Å². The van der Waals surface area contributed by atoms with E-state index in [-0.39, 0.29) is 34.6 Å². The Bertz CT molecular complexity index is 1440. The lowest BCUT2D eigenvalue weighted by molar-refractivity contribution is -0.105. The van der Waals surface area contributed by atoms with Crippen LogP contribution in [0.5, 0.6) is 0 Å². The maximum Gasteiger partial charge on any atom is 0.261 e. The molecule has 1 aromatic carbocycles. The van der Waals surface area contributed by atoms with Crippen molar-refractivity contribution in [3.05, 3.63) is 75.2 Å². The van der Waals surface area contributed by atoms with Crippen molar-refractivity contribution in [3.8, 4) is 0 Å². The van der Waals surface area contributed by atoms with E-state index in [1.807, 2.05) is 13.1 Å². The van der Waals surface area contributed by atoms with E-state index in [1.54, 1.807) is 30.4 Å². The summed E-state index contributed by atoms with van der Waals surface area (Å²) in [6, 6.07) is 14.2. The van der Waals surface area contributed by atoms with Crippen molar-refractivity contribution < 1.29 is 17.9 Å². The number of carbonyl (C=O) groups excluding carboxylic acids is 1. The van der Waals surface area contributed by atoms with Crippen molar-refractivity contribution in [2.45, 2.75) is 62.6 Å². The predicted octanol–water partition coefficient (Wildman–Crippen LogP) is 5.09. The second-order valence-electron chi connectivity index (χ2n) is 10.8. The van der Waals surface area contributed by atoms with E-state index < -0.39 is 9.84 Å². The van der Waals surface area contributed by atoms with Gasteiger partial charge in [-0.3, -0.25) is 14.7 Å². The summed E-state index contributed by atoms with van der Waals surface area (Å²) in [5.74, 6) is 0.111. The molecule has 214 valence electrons. The summed E-state index contributed by atoms with van der Waals surface area (Å²) in [4.78, 5) is 22.0. The van der Waals surface area contributed by atoms with Crippen LogP contribution in [0.1, 0.15) is 76.9 Å². The minimum atomic E-state index is -3.30. The molecule has 2 aliphatic rings. The molecule has 0 saturated carbocycles. The molecule has 40 heavy (non-hydrogen) atoms. The minimum Gasteiger partial charge on any atom is -0.388 e. The Balaban J connectivity index is 1.26. The molecule has 0 aliphatic carbocycles. The normalized spacial score (nSPS) is 19.6. The third kappa shape index (κ3) is 5.68. The fourth-order valence-electron chi connectivity index (χ4n) is 5.59. The van der Waals surface area contributed by atoms with Gasteiger partial charge in [-0.1, -0.05) is 26.0 Å². The van der Waals surface area contributed by atoms with Gasteiger partial charge in [0.2, 0.25) is 0 Å². The van der Waals surface area contributed by atoms with Crippen molar-refractivity contribution >= 4 is 32.8 Å². The SMILES string of the molecule is CCS(=O)(=O)c1ccc(CNC(=O)c2cc3c(s2)C2(CCN([C@@H](C)c4ccc(NC)cc4)CC2)OC[C@H]3C)nc1. The van der Waals surface area contributed by atoms with E-state index >= 15 is 0 Å². The van der Waals surface area contributed by atoms with Crippen LogP contribution in [0.3, 0.4) is 0 Å². The molecule has 3 aromatic rings. The van der Waals surface area contributed by atoms with Gasteiger partial charge in [-0.25, -0.2) is 8.42 Å². The molecular formula is C30H38N4O4S2. The highest BCUT2D eigenvalue weighted by Crippen LogP contribution is 2.49. The number of thiophene rings is 1. The quantitative estimate of drug-likeness (QED) is 0.381. The van der Waals surface area contributed by atoms with Crippen LogP contribution in [0, 0.1) is 0 Å². The van der Waals surface area contributed by atoms with Crippen LogP contribution >= 0.6 is 11.3 Å². The molecule has 8 nitrogen and oxygen atoms in total. The topological polar surface area (TPSA) is 101 Å². The number of rotatable bonds is 8. The predicted molar refractivity (Wildman–Crippen MR) is 159 cm³/mol. The lowest BCUT2D eigenvalue weighted by Gasteiger charge is -2.46. The zero-order valence-electron chi connectivity index (χ0n) is 23.6. The molecule has 10 heteroatoms. The standard InChI is InChI=1S/C30H38N4O4S2/c1-5-40(36,37)25-11-10-24(32-18-25)17-33-29(35)27-16-26-20(2)19-38-30(28(26)39-27)12-14-34(15-13-30)21(3)22-6-8-23(31-4)9-7-22/h6-11,16,18,20-21,31H,5,12-15,17,19H2,1-4H3,(H,33,35)/t20-,21+/m1/s1. The number of piperidine rings is 1. The van der Waals surface area contributed by atoms with Gasteiger partial charge in [-0.05, 0) is 61.2 Å². The smallest absolute Gasteiger partial charge is 0.261 e. The van der Waals surface area contributed by atoms with E-state index in [4.69, 9.17) is 4.74 Å². The van der Waals surface area contributed by atoms with Gasteiger partial charge in [0.25, 0.3) is 5.91 Å². The molecule has 2 aliphatic heterocycles. The highest BCUT2D eigenvalue weighted by molar-refractivity contribution is 7.91. The molecule has 2 aromatic heterocycles. The number of hydrogen-bond donors (Lipinski definition) is 2. The molecule has 1 amide bonds. The molecule has 2 atom stereocenters. The first-order valence-corrected chi connectivity index (χ1v) is 16.4. The van der Waals surface area contributed by atoms with Crippen LogP contribution in [0.4, 0.5) is 5.69 Å². The maximum atomic E-state index is 13.2. The number of aromatic nitrogens is 1. The van der Waals surface area contributed by atoms with Gasteiger partial charge in [0, 0.05) is 48.9 Å². The Morgan fingerprint density at radius 2 is 1.93 bits per heavy atom. The van der Waals surface area contributed by atoms with Crippen molar-refractivity contribution in [2.75, 3.05) is 37.8 Å². The number of sulfone groups is 1. The third-order valence-corrected chi connectivity index (χ3v) is 11.4. The summed E-state index contributed by atoms with van der Waals surface area (Å²) in [5, 5.41) is 6.14. The van der Waals surface area contributed by atoms with E-state index in [0.29, 0.717) is 23.2 Å². The van der Waals surface area contributed by atoms with Gasteiger partial charge in [-0.15, -0.1) is 11.3 Å². The average Bonchev–Trinajstić information content (AvgIpc) is 3.46. The lowest BCUT2D eigenvalue weighted by Crippen LogP contribution is -2.47. The number of pyridine rings is 1. The van der Waals surface area contributed by atoms with Crippen LogP contribution < -0.4 is 10.6 Å². The van der Waals surface area contributed by atoms with E-state index in [2.05, 4.69) is 58.6 Å². The van der Waals surface area contributed by atoms with Gasteiger partial charge in [0.1, 0.15) is 5.60 Å². The number of amides is 1. The Morgan fingerprint density at radius 1 is 1.20 bits per heavy atom. The summed E-state index contributed by atoms with van der Waals surface area (Å²) < 4.78 is 30.6. The Hall–Kier alpha value is -2.79. The number of hydrogen-bond acceptors (Lipinski definition) is 8. The highest BCUT2D eigenvalue weighted by Gasteiger charge is 2.45. The third-order valence-electron chi connectivity index (χ3n) is 8.34. The van der Waals surface area contributed by atoms with Gasteiger partial charge in [-0.2, -0.15) is 0 Å². The minimum absolute atomic E-state index is 0.0270. The van der Waals surface area contributed by atoms with Crippen LogP contribution in [-0.2, 0) is 26.7 Å². The first-order valence-electron chi connectivity index (χ1n) is 13.9. The second kappa shape index (κ2) is 11.6. The number of nitrogens with zero attached hydrogens (tertiary/aromatic N) is 2. The number of anilines is 1. The number of nitrogens with one attached hydrogen (secondary N) is 2. The zero-order chi connectivity index (χ0) is 28.5. The number of likely N-dealkylation sites (tertiary alicyclic amines) is 1. The molecule has 4 heterocycles. The summed E-state index contributed by atoms with van der Waals surface area (Å²) in [5.41, 5.74) is 3.90. The van der Waals surface area contributed by atoms with Crippen LogP contribution in [0.15, 0.2) is 53.6 Å². The molecule has 5 rings (SSSR count). The van der Waals surface area contributed by atoms with Crippen LogP contribution in [0.25, 0.3) is 0 Å². The van der Waals surface area contributed by atoms with E-state index in [9.17, 15) is 13.2 Å². The van der Waals surface area contributed by atoms with Gasteiger partial charge in [0.15, 0.2) is 9.84 Å². The Labute approximate surface area is 241 Å². The molecule has 0 radical (unpaired) electrons. The Morgan fingerprint density at radius 3 is 2.55 bits per heavy atom. The molecule has 2 N–H and O–H groups in total. The monoisotopic (exact) mass is 582 g/mol. The largest absolute Gasteiger partial charge is 0.388 e. The average molecular weight is 583 g/mol.